The second kappa shape index (κ2) is 8.50. The minimum Gasteiger partial charge on any atom is -0.497 e. The lowest BCUT2D eigenvalue weighted by molar-refractivity contribution is 0.0431. The Labute approximate surface area is 143 Å². The second-order valence-electron chi connectivity index (χ2n) is 5.85. The average molecular weight is 327 g/mol. The van der Waals surface area contributed by atoms with E-state index >= 15 is 0 Å². The van der Waals surface area contributed by atoms with Gasteiger partial charge in [0.1, 0.15) is 17.7 Å². The Morgan fingerprint density at radius 1 is 1.33 bits per heavy atom. The highest BCUT2D eigenvalue weighted by Crippen LogP contribution is 2.22. The topological polar surface area (TPSA) is 44.5 Å². The number of oxazole rings is 1. The standard InChI is InChI=1S/C20H25NO3/c1-6-14(2)20(15(3)11-18-13-23-16(4)21-18)24-12-17-7-9-19(22-5)10-8-17/h6-11,13-14,20H,1,12H2,2-5H3/b15-11+/t14-,20-/m1/s1. The van der Waals surface area contributed by atoms with Crippen molar-refractivity contribution in [3.63, 3.8) is 0 Å². The highest BCUT2D eigenvalue weighted by atomic mass is 16.5. The molecule has 2 atom stereocenters. The van der Waals surface area contributed by atoms with Crippen LogP contribution >= 0.6 is 0 Å². The number of ether oxygens (including phenoxy) is 2. The van der Waals surface area contributed by atoms with Crippen LogP contribution in [-0.4, -0.2) is 18.2 Å². The van der Waals surface area contributed by atoms with Gasteiger partial charge in [0.25, 0.3) is 0 Å². The summed E-state index contributed by atoms with van der Waals surface area (Å²) in [5.74, 6) is 1.68. The van der Waals surface area contributed by atoms with Crippen molar-refractivity contribution >= 4 is 6.08 Å². The number of benzene rings is 1. The lowest BCUT2D eigenvalue weighted by atomic mass is 9.97. The minimum atomic E-state index is -0.0680. The average Bonchev–Trinajstić information content (AvgIpc) is 3.00. The van der Waals surface area contributed by atoms with Gasteiger partial charge in [0.2, 0.25) is 0 Å². The van der Waals surface area contributed by atoms with Crippen LogP contribution in [-0.2, 0) is 11.3 Å². The Balaban J connectivity index is 2.09. The van der Waals surface area contributed by atoms with Gasteiger partial charge in [-0.3, -0.25) is 0 Å². The molecule has 0 spiro atoms. The largest absolute Gasteiger partial charge is 0.497 e. The molecule has 0 fully saturated rings. The predicted octanol–water partition coefficient (Wildman–Crippen LogP) is 4.80. The third-order valence-corrected chi connectivity index (χ3v) is 3.90. The summed E-state index contributed by atoms with van der Waals surface area (Å²) in [4.78, 5) is 4.32. The molecule has 128 valence electrons. The van der Waals surface area contributed by atoms with Gasteiger partial charge in [0.15, 0.2) is 5.89 Å². The lowest BCUT2D eigenvalue weighted by Crippen LogP contribution is -2.21. The highest BCUT2D eigenvalue weighted by molar-refractivity contribution is 5.48. The number of nitrogens with zero attached hydrogens (tertiary/aromatic N) is 1. The van der Waals surface area contributed by atoms with E-state index in [1.807, 2.05) is 50.3 Å². The van der Waals surface area contributed by atoms with E-state index in [2.05, 4.69) is 18.5 Å². The van der Waals surface area contributed by atoms with E-state index in [1.54, 1.807) is 13.4 Å². The van der Waals surface area contributed by atoms with E-state index in [0.29, 0.717) is 12.5 Å². The molecule has 4 heteroatoms. The van der Waals surface area contributed by atoms with Crippen molar-refractivity contribution in [3.05, 3.63) is 65.9 Å². The van der Waals surface area contributed by atoms with Gasteiger partial charge in [0.05, 0.1) is 19.8 Å². The Bertz CT molecular complexity index is 685. The fraction of sp³-hybridized carbons (Fsp3) is 0.350. The molecular weight excluding hydrogens is 302 g/mol. The van der Waals surface area contributed by atoms with Crippen LogP contribution in [0.25, 0.3) is 6.08 Å². The van der Waals surface area contributed by atoms with Gasteiger partial charge in [-0.15, -0.1) is 6.58 Å². The number of rotatable bonds is 8. The van der Waals surface area contributed by atoms with Crippen LogP contribution in [0, 0.1) is 12.8 Å². The molecule has 0 amide bonds. The zero-order chi connectivity index (χ0) is 17.5. The Morgan fingerprint density at radius 2 is 2.04 bits per heavy atom. The van der Waals surface area contributed by atoms with Gasteiger partial charge in [-0.2, -0.15) is 0 Å². The zero-order valence-corrected chi connectivity index (χ0v) is 14.8. The summed E-state index contributed by atoms with van der Waals surface area (Å²) in [6.07, 6.45) is 5.48. The van der Waals surface area contributed by atoms with Crippen molar-refractivity contribution in [2.45, 2.75) is 33.5 Å². The highest BCUT2D eigenvalue weighted by Gasteiger charge is 2.18. The maximum absolute atomic E-state index is 6.16. The molecule has 2 rings (SSSR count). The summed E-state index contributed by atoms with van der Waals surface area (Å²) in [5, 5.41) is 0. The summed E-state index contributed by atoms with van der Waals surface area (Å²) >= 11 is 0. The maximum atomic E-state index is 6.16. The fourth-order valence-electron chi connectivity index (χ4n) is 2.49. The molecule has 4 nitrogen and oxygen atoms in total. The first kappa shape index (κ1) is 18.0. The quantitative estimate of drug-likeness (QED) is 0.653. The van der Waals surface area contributed by atoms with Crippen LogP contribution in [0.4, 0.5) is 0 Å². The summed E-state index contributed by atoms with van der Waals surface area (Å²) in [5.41, 5.74) is 2.99. The molecule has 0 unspecified atom stereocenters. The lowest BCUT2D eigenvalue weighted by Gasteiger charge is -2.23. The monoisotopic (exact) mass is 327 g/mol. The zero-order valence-electron chi connectivity index (χ0n) is 14.8. The van der Waals surface area contributed by atoms with E-state index in [4.69, 9.17) is 13.9 Å². The first-order valence-corrected chi connectivity index (χ1v) is 8.01. The Morgan fingerprint density at radius 3 is 2.58 bits per heavy atom. The van der Waals surface area contributed by atoms with Gasteiger partial charge in [0, 0.05) is 12.8 Å². The number of aromatic nitrogens is 1. The molecule has 0 radical (unpaired) electrons. The molecule has 0 N–H and O–H groups in total. The summed E-state index contributed by atoms with van der Waals surface area (Å²) in [6, 6.07) is 7.89. The van der Waals surface area contributed by atoms with Crippen molar-refractivity contribution in [2.24, 2.45) is 5.92 Å². The Hall–Kier alpha value is -2.33. The van der Waals surface area contributed by atoms with Crippen molar-refractivity contribution < 1.29 is 13.9 Å². The van der Waals surface area contributed by atoms with Gasteiger partial charge < -0.3 is 13.9 Å². The number of hydrogen-bond acceptors (Lipinski definition) is 4. The third-order valence-electron chi connectivity index (χ3n) is 3.90. The smallest absolute Gasteiger partial charge is 0.191 e. The molecule has 1 aromatic heterocycles. The molecular formula is C20H25NO3. The van der Waals surface area contributed by atoms with Crippen molar-refractivity contribution in [3.8, 4) is 5.75 Å². The van der Waals surface area contributed by atoms with Crippen LogP contribution in [0.5, 0.6) is 5.75 Å². The molecule has 24 heavy (non-hydrogen) atoms. The van der Waals surface area contributed by atoms with Crippen molar-refractivity contribution in [2.75, 3.05) is 7.11 Å². The van der Waals surface area contributed by atoms with Crippen LogP contribution in [0.15, 0.2) is 53.2 Å². The first-order chi connectivity index (χ1) is 11.5. The number of hydrogen-bond donors (Lipinski definition) is 0. The van der Waals surface area contributed by atoms with Gasteiger partial charge >= 0.3 is 0 Å². The van der Waals surface area contributed by atoms with E-state index in [-0.39, 0.29) is 12.0 Å². The molecule has 0 aliphatic rings. The molecule has 0 aliphatic heterocycles. The molecule has 0 aliphatic carbocycles. The van der Waals surface area contributed by atoms with E-state index in [9.17, 15) is 0 Å². The molecule has 0 saturated heterocycles. The molecule has 1 aromatic carbocycles. The number of aryl methyl sites for hydroxylation is 1. The SMILES string of the molecule is C=C[C@@H](C)[C@@H](OCc1ccc(OC)cc1)/C(C)=C/c1coc(C)n1. The fourth-order valence-corrected chi connectivity index (χ4v) is 2.49. The minimum absolute atomic E-state index is 0.0680. The van der Waals surface area contributed by atoms with Gasteiger partial charge in [-0.05, 0) is 36.3 Å². The normalized spacial score (nSPS) is 14.2. The van der Waals surface area contributed by atoms with Crippen LogP contribution in [0.3, 0.4) is 0 Å². The summed E-state index contributed by atoms with van der Waals surface area (Å²) < 4.78 is 16.6. The molecule has 0 bridgehead atoms. The predicted molar refractivity (Wildman–Crippen MR) is 95.8 cm³/mol. The van der Waals surface area contributed by atoms with E-state index < -0.39 is 0 Å². The molecule has 2 aromatic rings. The molecule has 1 heterocycles. The number of methoxy groups -OCH3 is 1. The molecule has 0 saturated carbocycles. The van der Waals surface area contributed by atoms with Crippen LogP contribution in [0.2, 0.25) is 0 Å². The van der Waals surface area contributed by atoms with Crippen LogP contribution < -0.4 is 4.74 Å². The van der Waals surface area contributed by atoms with Crippen molar-refractivity contribution in [1.82, 2.24) is 4.98 Å². The van der Waals surface area contributed by atoms with Crippen LogP contribution in [0.1, 0.15) is 31.0 Å². The third kappa shape index (κ3) is 4.83. The second-order valence-corrected chi connectivity index (χ2v) is 5.85. The van der Waals surface area contributed by atoms with E-state index in [1.165, 1.54) is 0 Å². The summed E-state index contributed by atoms with van der Waals surface area (Å²) in [7, 11) is 1.66. The maximum Gasteiger partial charge on any atom is 0.191 e. The van der Waals surface area contributed by atoms with Gasteiger partial charge in [-0.1, -0.05) is 25.1 Å². The summed E-state index contributed by atoms with van der Waals surface area (Å²) in [6.45, 7) is 10.4. The Kier molecular flexibility index (Phi) is 6.38. The van der Waals surface area contributed by atoms with Crippen molar-refractivity contribution in [1.29, 1.82) is 0 Å². The van der Waals surface area contributed by atoms with E-state index in [0.717, 1.165) is 22.6 Å². The van der Waals surface area contributed by atoms with Gasteiger partial charge in [-0.25, -0.2) is 4.98 Å². The first-order valence-electron chi connectivity index (χ1n) is 8.01.